The summed E-state index contributed by atoms with van der Waals surface area (Å²) in [6, 6.07) is 0. The van der Waals surface area contributed by atoms with Gasteiger partial charge in [-0.15, -0.1) is 0 Å². The molecule has 0 aromatic heterocycles. The lowest BCUT2D eigenvalue weighted by Crippen LogP contribution is -2.55. The molecule has 0 bridgehead atoms. The number of ketones is 3. The van der Waals surface area contributed by atoms with Crippen LogP contribution in [-0.2, 0) is 14.4 Å². The molecule has 0 N–H and O–H groups in total. The van der Waals surface area contributed by atoms with Crippen molar-refractivity contribution in [3.8, 4) is 0 Å². The topological polar surface area (TPSA) is 51.2 Å². The quantitative estimate of drug-likeness (QED) is 0.683. The standard InChI is InChI=1S/C21H30O3/c1-12(22)15-11-21(3)13(10-18(15)23)4-5-14-16-6-7-19(24)20(16,2)9-8-17(14)21/h13-17H,4-11H2,1-3H3. The summed E-state index contributed by atoms with van der Waals surface area (Å²) >= 11 is 0. The highest BCUT2D eigenvalue weighted by Gasteiger charge is 2.61. The van der Waals surface area contributed by atoms with Crippen LogP contribution in [0, 0.1) is 40.4 Å². The largest absolute Gasteiger partial charge is 0.299 e. The lowest BCUT2D eigenvalue weighted by atomic mass is 9.44. The van der Waals surface area contributed by atoms with Crippen LogP contribution in [0.15, 0.2) is 0 Å². The van der Waals surface area contributed by atoms with E-state index in [-0.39, 0.29) is 28.3 Å². The molecule has 3 nitrogen and oxygen atoms in total. The molecule has 0 aliphatic heterocycles. The Hall–Kier alpha value is -0.990. The maximum absolute atomic E-state index is 12.5. The number of rotatable bonds is 1. The summed E-state index contributed by atoms with van der Waals surface area (Å²) in [5.41, 5.74) is 0.0228. The molecule has 132 valence electrons. The fraction of sp³-hybridized carbons (Fsp3) is 0.857. The Bertz CT molecular complexity index is 608. The Labute approximate surface area is 144 Å². The molecule has 4 aliphatic rings. The van der Waals surface area contributed by atoms with E-state index in [1.807, 2.05) is 0 Å². The van der Waals surface area contributed by atoms with Crippen molar-refractivity contribution < 1.29 is 14.4 Å². The van der Waals surface area contributed by atoms with Crippen molar-refractivity contribution in [1.82, 2.24) is 0 Å². The molecule has 4 fully saturated rings. The van der Waals surface area contributed by atoms with E-state index in [2.05, 4.69) is 13.8 Å². The summed E-state index contributed by atoms with van der Waals surface area (Å²) in [6.45, 7) is 6.15. The number of fused-ring (bicyclic) bond motifs is 5. The van der Waals surface area contributed by atoms with E-state index in [9.17, 15) is 14.4 Å². The fourth-order valence-electron chi connectivity index (χ4n) is 7.27. The lowest BCUT2D eigenvalue weighted by Gasteiger charge is -2.60. The molecule has 0 spiro atoms. The average molecular weight is 330 g/mol. The highest BCUT2D eigenvalue weighted by Crippen LogP contribution is 2.65. The summed E-state index contributed by atoms with van der Waals surface area (Å²) in [6.07, 6.45) is 7.58. The molecule has 3 heteroatoms. The number of Topliss-reactive ketones (excluding diaryl/α,β-unsaturated/α-hetero) is 3. The zero-order valence-corrected chi connectivity index (χ0v) is 15.3. The third kappa shape index (κ3) is 2.05. The number of hydrogen-bond donors (Lipinski definition) is 0. The highest BCUT2D eigenvalue weighted by molar-refractivity contribution is 6.02. The number of carbonyl (C=O) groups excluding carboxylic acids is 3. The van der Waals surface area contributed by atoms with Gasteiger partial charge in [-0.1, -0.05) is 13.8 Å². The normalized spacial score (nSPS) is 50.9. The van der Waals surface area contributed by atoms with Gasteiger partial charge in [-0.3, -0.25) is 14.4 Å². The van der Waals surface area contributed by atoms with Crippen molar-refractivity contribution in [3.05, 3.63) is 0 Å². The minimum absolute atomic E-state index is 0.0542. The second kappa shape index (κ2) is 5.25. The van der Waals surface area contributed by atoms with Crippen LogP contribution in [0.25, 0.3) is 0 Å². The van der Waals surface area contributed by atoms with Crippen molar-refractivity contribution in [2.24, 2.45) is 40.4 Å². The zero-order chi connectivity index (χ0) is 17.3. The summed E-state index contributed by atoms with van der Waals surface area (Å²) < 4.78 is 0. The predicted octanol–water partition coefficient (Wildman–Crippen LogP) is 3.98. The molecule has 0 aromatic rings. The second-order valence-corrected chi connectivity index (χ2v) is 9.61. The smallest absolute Gasteiger partial charge is 0.143 e. The Balaban J connectivity index is 1.66. The molecular formula is C21H30O3. The van der Waals surface area contributed by atoms with Crippen molar-refractivity contribution >= 4 is 17.3 Å². The Kier molecular flexibility index (Phi) is 3.61. The van der Waals surface area contributed by atoms with Gasteiger partial charge in [0, 0.05) is 18.3 Å². The van der Waals surface area contributed by atoms with Gasteiger partial charge in [0.1, 0.15) is 17.3 Å². The average Bonchev–Trinajstić information content (AvgIpc) is 2.83. The second-order valence-electron chi connectivity index (χ2n) is 9.61. The van der Waals surface area contributed by atoms with Crippen LogP contribution in [0.2, 0.25) is 0 Å². The predicted molar refractivity (Wildman–Crippen MR) is 91.3 cm³/mol. The first-order valence-electron chi connectivity index (χ1n) is 9.84. The van der Waals surface area contributed by atoms with Crippen molar-refractivity contribution in [3.63, 3.8) is 0 Å². The van der Waals surface area contributed by atoms with Crippen LogP contribution in [0.1, 0.15) is 72.1 Å². The third-order valence-corrected chi connectivity index (χ3v) is 8.75. The van der Waals surface area contributed by atoms with Crippen molar-refractivity contribution in [2.45, 2.75) is 72.1 Å². The van der Waals surface area contributed by atoms with Gasteiger partial charge >= 0.3 is 0 Å². The Morgan fingerprint density at radius 1 is 1.04 bits per heavy atom. The molecule has 0 saturated heterocycles. The van der Waals surface area contributed by atoms with E-state index in [0.29, 0.717) is 35.9 Å². The van der Waals surface area contributed by atoms with E-state index in [4.69, 9.17) is 0 Å². The van der Waals surface area contributed by atoms with Gasteiger partial charge in [-0.05, 0) is 74.5 Å². The molecule has 24 heavy (non-hydrogen) atoms. The fourth-order valence-corrected chi connectivity index (χ4v) is 7.27. The van der Waals surface area contributed by atoms with Crippen LogP contribution >= 0.6 is 0 Å². The van der Waals surface area contributed by atoms with Gasteiger partial charge < -0.3 is 0 Å². The molecule has 0 amide bonds. The van der Waals surface area contributed by atoms with E-state index >= 15 is 0 Å². The van der Waals surface area contributed by atoms with E-state index < -0.39 is 0 Å². The molecule has 4 rings (SSSR count). The maximum atomic E-state index is 12.5. The minimum atomic E-state index is -0.372. The Morgan fingerprint density at radius 2 is 1.79 bits per heavy atom. The number of hydrogen-bond acceptors (Lipinski definition) is 3. The Morgan fingerprint density at radius 3 is 2.50 bits per heavy atom. The van der Waals surface area contributed by atoms with E-state index in [1.165, 1.54) is 6.42 Å². The van der Waals surface area contributed by atoms with Gasteiger partial charge in [0.05, 0.1) is 5.92 Å². The molecule has 4 aliphatic carbocycles. The van der Waals surface area contributed by atoms with Crippen LogP contribution in [0.4, 0.5) is 0 Å². The highest BCUT2D eigenvalue weighted by atomic mass is 16.2. The van der Waals surface area contributed by atoms with Gasteiger partial charge in [0.25, 0.3) is 0 Å². The van der Waals surface area contributed by atoms with Crippen molar-refractivity contribution in [1.29, 1.82) is 0 Å². The monoisotopic (exact) mass is 330 g/mol. The maximum Gasteiger partial charge on any atom is 0.143 e. The molecule has 0 aromatic carbocycles. The molecule has 0 heterocycles. The molecule has 7 atom stereocenters. The third-order valence-electron chi connectivity index (χ3n) is 8.75. The molecular weight excluding hydrogens is 300 g/mol. The molecule has 0 radical (unpaired) electrons. The number of carbonyl (C=O) groups is 3. The molecule has 4 saturated carbocycles. The first kappa shape index (κ1) is 16.5. The van der Waals surface area contributed by atoms with Crippen molar-refractivity contribution in [2.75, 3.05) is 0 Å². The zero-order valence-electron chi connectivity index (χ0n) is 15.3. The summed E-state index contributed by atoms with van der Waals surface area (Å²) in [5, 5.41) is 0. The summed E-state index contributed by atoms with van der Waals surface area (Å²) in [5.74, 6) is 2.55. The lowest BCUT2D eigenvalue weighted by molar-refractivity contribution is -0.153. The van der Waals surface area contributed by atoms with Crippen LogP contribution in [-0.4, -0.2) is 17.3 Å². The molecule has 7 unspecified atom stereocenters. The minimum Gasteiger partial charge on any atom is -0.299 e. The van der Waals surface area contributed by atoms with Gasteiger partial charge in [0.2, 0.25) is 0 Å². The summed E-state index contributed by atoms with van der Waals surface area (Å²) in [4.78, 5) is 36.9. The van der Waals surface area contributed by atoms with Gasteiger partial charge in [0.15, 0.2) is 0 Å². The first-order valence-corrected chi connectivity index (χ1v) is 9.84. The van der Waals surface area contributed by atoms with Gasteiger partial charge in [-0.25, -0.2) is 0 Å². The van der Waals surface area contributed by atoms with Crippen LogP contribution in [0.3, 0.4) is 0 Å². The van der Waals surface area contributed by atoms with Crippen LogP contribution in [0.5, 0.6) is 0 Å². The van der Waals surface area contributed by atoms with E-state index in [1.54, 1.807) is 6.92 Å². The SMILES string of the molecule is CC(=O)C1CC2(C)C(CCC3C4CCC(=O)C4(C)CCC32)CC1=O. The van der Waals surface area contributed by atoms with E-state index in [0.717, 1.165) is 38.5 Å². The first-order chi connectivity index (χ1) is 11.3. The van der Waals surface area contributed by atoms with Crippen LogP contribution < -0.4 is 0 Å². The van der Waals surface area contributed by atoms with Gasteiger partial charge in [-0.2, -0.15) is 0 Å². The summed E-state index contributed by atoms with van der Waals surface area (Å²) in [7, 11) is 0.